The SMILES string of the molecule is Cc1cc(C(=O)Nc2nc3c(s2)CN(CC(=O)N2CCc4ccccc42)CC3)no1. The largest absolute Gasteiger partial charge is 0.361 e. The maximum Gasteiger partial charge on any atom is 0.279 e. The molecule has 0 atom stereocenters. The number of anilines is 2. The van der Waals surface area contributed by atoms with Gasteiger partial charge in [0, 0.05) is 42.7 Å². The molecular weight excluding hydrogens is 402 g/mol. The van der Waals surface area contributed by atoms with Crippen molar-refractivity contribution in [2.75, 3.05) is 29.9 Å². The van der Waals surface area contributed by atoms with Crippen molar-refractivity contribution in [3.8, 4) is 0 Å². The van der Waals surface area contributed by atoms with Crippen molar-refractivity contribution >= 4 is 34.0 Å². The number of amides is 2. The molecule has 0 bridgehead atoms. The monoisotopic (exact) mass is 423 g/mol. The number of nitrogens with one attached hydrogen (secondary N) is 1. The number of hydrogen-bond acceptors (Lipinski definition) is 7. The average molecular weight is 423 g/mol. The zero-order valence-electron chi connectivity index (χ0n) is 16.6. The highest BCUT2D eigenvalue weighted by atomic mass is 32.1. The van der Waals surface area contributed by atoms with Crippen LogP contribution < -0.4 is 10.2 Å². The zero-order valence-corrected chi connectivity index (χ0v) is 17.4. The summed E-state index contributed by atoms with van der Waals surface area (Å²) >= 11 is 1.45. The van der Waals surface area contributed by atoms with Crippen LogP contribution >= 0.6 is 11.3 Å². The van der Waals surface area contributed by atoms with Crippen molar-refractivity contribution in [1.82, 2.24) is 15.0 Å². The molecular formula is C21H21N5O3S. The second-order valence-electron chi connectivity index (χ2n) is 7.55. The van der Waals surface area contributed by atoms with E-state index in [1.165, 1.54) is 16.9 Å². The minimum atomic E-state index is -0.335. The smallest absolute Gasteiger partial charge is 0.279 e. The molecule has 0 fully saturated rings. The predicted molar refractivity (Wildman–Crippen MR) is 113 cm³/mol. The van der Waals surface area contributed by atoms with Gasteiger partial charge in [-0.25, -0.2) is 4.98 Å². The summed E-state index contributed by atoms with van der Waals surface area (Å²) in [5, 5.41) is 7.07. The lowest BCUT2D eigenvalue weighted by Gasteiger charge is -2.27. The number of para-hydroxylation sites is 1. The molecule has 5 rings (SSSR count). The van der Waals surface area contributed by atoms with Gasteiger partial charge in [-0.05, 0) is 25.0 Å². The summed E-state index contributed by atoms with van der Waals surface area (Å²) in [5.74, 6) is 0.375. The Morgan fingerprint density at radius 1 is 1.23 bits per heavy atom. The van der Waals surface area contributed by atoms with Crippen LogP contribution in [-0.4, -0.2) is 46.5 Å². The first-order chi connectivity index (χ1) is 14.6. The molecule has 1 N–H and O–H groups in total. The van der Waals surface area contributed by atoms with E-state index in [4.69, 9.17) is 4.52 Å². The molecule has 4 heterocycles. The Labute approximate surface area is 177 Å². The van der Waals surface area contributed by atoms with Crippen molar-refractivity contribution < 1.29 is 14.1 Å². The maximum absolute atomic E-state index is 12.9. The molecule has 8 nitrogen and oxygen atoms in total. The number of carbonyl (C=O) groups excluding carboxylic acids is 2. The van der Waals surface area contributed by atoms with Gasteiger partial charge in [0.2, 0.25) is 5.91 Å². The molecule has 0 unspecified atom stereocenters. The van der Waals surface area contributed by atoms with Crippen molar-refractivity contribution in [1.29, 1.82) is 0 Å². The van der Waals surface area contributed by atoms with Crippen LogP contribution in [0.5, 0.6) is 0 Å². The molecule has 0 saturated heterocycles. The third kappa shape index (κ3) is 3.61. The van der Waals surface area contributed by atoms with Crippen LogP contribution in [-0.2, 0) is 24.2 Å². The second kappa shape index (κ2) is 7.66. The van der Waals surface area contributed by atoms with Gasteiger partial charge in [0.1, 0.15) is 5.76 Å². The molecule has 154 valence electrons. The zero-order chi connectivity index (χ0) is 20.7. The maximum atomic E-state index is 12.9. The van der Waals surface area contributed by atoms with Gasteiger partial charge in [0.15, 0.2) is 10.8 Å². The van der Waals surface area contributed by atoms with Gasteiger partial charge >= 0.3 is 0 Å². The summed E-state index contributed by atoms with van der Waals surface area (Å²) in [4.78, 5) is 34.8. The summed E-state index contributed by atoms with van der Waals surface area (Å²) in [6.45, 7) is 4.30. The fourth-order valence-electron chi connectivity index (χ4n) is 3.95. The molecule has 9 heteroatoms. The van der Waals surface area contributed by atoms with Crippen molar-refractivity contribution in [3.05, 3.63) is 57.9 Å². The number of aromatic nitrogens is 2. The van der Waals surface area contributed by atoms with E-state index in [1.807, 2.05) is 23.1 Å². The normalized spacial score (nSPS) is 15.7. The van der Waals surface area contributed by atoms with E-state index in [-0.39, 0.29) is 17.5 Å². The summed E-state index contributed by atoms with van der Waals surface area (Å²) in [5.41, 5.74) is 3.49. The standard InChI is InChI=1S/C21H21N5O3S/c1-13-10-16(24-29-13)20(28)23-21-22-15-7-8-25(11-18(15)30-21)12-19(27)26-9-6-14-4-2-3-5-17(14)26/h2-5,10H,6-9,11-12H2,1H3,(H,22,23,28). The molecule has 0 saturated carbocycles. The first kappa shape index (κ1) is 19.0. The molecule has 0 radical (unpaired) electrons. The molecule has 0 spiro atoms. The van der Waals surface area contributed by atoms with Gasteiger partial charge in [-0.1, -0.05) is 23.4 Å². The van der Waals surface area contributed by atoms with E-state index in [2.05, 4.69) is 26.4 Å². The molecule has 3 aromatic rings. The number of rotatable bonds is 4. The first-order valence-corrected chi connectivity index (χ1v) is 10.7. The predicted octanol–water partition coefficient (Wildman–Crippen LogP) is 2.64. The minimum Gasteiger partial charge on any atom is -0.361 e. The van der Waals surface area contributed by atoms with E-state index in [0.29, 0.717) is 24.0 Å². The fraction of sp³-hybridized carbons (Fsp3) is 0.333. The first-order valence-electron chi connectivity index (χ1n) is 9.91. The summed E-state index contributed by atoms with van der Waals surface area (Å²) < 4.78 is 4.95. The number of nitrogens with zero attached hydrogens (tertiary/aromatic N) is 4. The summed E-state index contributed by atoms with van der Waals surface area (Å²) in [7, 11) is 0. The lowest BCUT2D eigenvalue weighted by Crippen LogP contribution is -2.41. The highest BCUT2D eigenvalue weighted by molar-refractivity contribution is 7.15. The highest BCUT2D eigenvalue weighted by Crippen LogP contribution is 2.30. The molecule has 30 heavy (non-hydrogen) atoms. The Hall–Kier alpha value is -3.04. The lowest BCUT2D eigenvalue weighted by atomic mass is 10.1. The van der Waals surface area contributed by atoms with Gasteiger partial charge in [-0.15, -0.1) is 11.3 Å². The number of aryl methyl sites for hydroxylation is 1. The van der Waals surface area contributed by atoms with Crippen molar-refractivity contribution in [3.63, 3.8) is 0 Å². The average Bonchev–Trinajstić information content (AvgIpc) is 3.45. The van der Waals surface area contributed by atoms with Crippen LogP contribution in [0.15, 0.2) is 34.9 Å². The van der Waals surface area contributed by atoms with Crippen LogP contribution in [0.2, 0.25) is 0 Å². The molecule has 1 aromatic carbocycles. The summed E-state index contributed by atoms with van der Waals surface area (Å²) in [6.07, 6.45) is 1.67. The van der Waals surface area contributed by atoms with E-state index >= 15 is 0 Å². The van der Waals surface area contributed by atoms with Gasteiger partial charge in [-0.3, -0.25) is 19.8 Å². The molecule has 2 aromatic heterocycles. The van der Waals surface area contributed by atoms with Crippen molar-refractivity contribution in [2.45, 2.75) is 26.3 Å². The molecule has 2 aliphatic rings. The Bertz CT molecular complexity index is 1120. The minimum absolute atomic E-state index is 0.128. The third-order valence-corrected chi connectivity index (χ3v) is 6.44. The molecule has 0 aliphatic carbocycles. The third-order valence-electron chi connectivity index (χ3n) is 5.44. The van der Waals surface area contributed by atoms with Crippen LogP contribution in [0.3, 0.4) is 0 Å². The molecule has 2 aliphatic heterocycles. The Kier molecular flexibility index (Phi) is 4.84. The van der Waals surface area contributed by atoms with Gasteiger partial charge in [0.05, 0.1) is 12.2 Å². The lowest BCUT2D eigenvalue weighted by molar-refractivity contribution is -0.119. The Morgan fingerprint density at radius 3 is 2.93 bits per heavy atom. The summed E-state index contributed by atoms with van der Waals surface area (Å²) in [6, 6.07) is 9.69. The van der Waals surface area contributed by atoms with E-state index in [1.54, 1.807) is 13.0 Å². The Balaban J connectivity index is 1.22. The van der Waals surface area contributed by atoms with Crippen molar-refractivity contribution in [2.24, 2.45) is 0 Å². The van der Waals surface area contributed by atoms with Gasteiger partial charge in [-0.2, -0.15) is 0 Å². The number of hydrogen-bond donors (Lipinski definition) is 1. The Morgan fingerprint density at radius 2 is 2.10 bits per heavy atom. The van der Waals surface area contributed by atoms with Gasteiger partial charge < -0.3 is 9.42 Å². The van der Waals surface area contributed by atoms with E-state index in [0.717, 1.165) is 42.2 Å². The number of fused-ring (bicyclic) bond motifs is 2. The van der Waals surface area contributed by atoms with Crippen LogP contribution in [0.1, 0.15) is 32.4 Å². The molecule has 2 amide bonds. The number of benzene rings is 1. The topological polar surface area (TPSA) is 91.6 Å². The van der Waals surface area contributed by atoms with Crippen LogP contribution in [0.25, 0.3) is 0 Å². The highest BCUT2D eigenvalue weighted by Gasteiger charge is 2.28. The van der Waals surface area contributed by atoms with Gasteiger partial charge in [0.25, 0.3) is 5.91 Å². The van der Waals surface area contributed by atoms with Crippen LogP contribution in [0, 0.1) is 6.92 Å². The van der Waals surface area contributed by atoms with E-state index in [9.17, 15) is 9.59 Å². The van der Waals surface area contributed by atoms with Crippen LogP contribution in [0.4, 0.5) is 10.8 Å². The fourth-order valence-corrected chi connectivity index (χ4v) is 4.99. The number of thiazole rings is 1. The number of carbonyl (C=O) groups is 2. The second-order valence-corrected chi connectivity index (χ2v) is 8.63. The quantitative estimate of drug-likeness (QED) is 0.694. The van der Waals surface area contributed by atoms with E-state index < -0.39 is 0 Å².